The van der Waals surface area contributed by atoms with Gasteiger partial charge in [0.2, 0.25) is 0 Å². The van der Waals surface area contributed by atoms with Gasteiger partial charge in [0.15, 0.2) is 0 Å². The molecule has 0 saturated heterocycles. The van der Waals surface area contributed by atoms with Crippen LogP contribution in [0.1, 0.15) is 27.7 Å². The molecule has 0 nitrogen and oxygen atoms in total. The van der Waals surface area contributed by atoms with Crippen molar-refractivity contribution in [2.24, 2.45) is 5.92 Å². The molecule has 0 fully saturated rings. The van der Waals surface area contributed by atoms with Crippen molar-refractivity contribution in [3.8, 4) is 11.8 Å². The summed E-state index contributed by atoms with van der Waals surface area (Å²) in [5, 5.41) is 0. The minimum atomic E-state index is 0.400. The summed E-state index contributed by atoms with van der Waals surface area (Å²) in [6.45, 7) is 8.03. The molecule has 0 saturated carbocycles. The van der Waals surface area contributed by atoms with E-state index in [4.69, 9.17) is 7.85 Å². The van der Waals surface area contributed by atoms with Gasteiger partial charge < -0.3 is 0 Å². The van der Waals surface area contributed by atoms with Crippen LogP contribution in [-0.4, -0.2) is 7.85 Å². The van der Waals surface area contributed by atoms with Crippen LogP contribution in [-0.2, 0) is 0 Å². The molecule has 0 aromatic heterocycles. The summed E-state index contributed by atoms with van der Waals surface area (Å²) in [5.41, 5.74) is 1.76. The Morgan fingerprint density at radius 2 is 1.79 bits per heavy atom. The molecule has 2 radical (unpaired) electrons. The lowest BCUT2D eigenvalue weighted by molar-refractivity contribution is 0.866. The molecule has 0 N–H and O–H groups in total. The average Bonchev–Trinajstić information content (AvgIpc) is 2.17. The largest absolute Gasteiger partial charge is 0.113 e. The third-order valence-corrected chi connectivity index (χ3v) is 1.60. The summed E-state index contributed by atoms with van der Waals surface area (Å²) in [6.07, 6.45) is 7.64. The predicted molar refractivity (Wildman–Crippen MR) is 65.0 cm³/mol. The smallest absolute Gasteiger partial charge is 0.101 e. The van der Waals surface area contributed by atoms with Gasteiger partial charge >= 0.3 is 0 Å². The van der Waals surface area contributed by atoms with E-state index in [1.807, 2.05) is 38.2 Å². The minimum Gasteiger partial charge on any atom is -0.101 e. The zero-order valence-electron chi connectivity index (χ0n) is 9.46. The van der Waals surface area contributed by atoms with Gasteiger partial charge in [-0.05, 0) is 19.9 Å². The van der Waals surface area contributed by atoms with Crippen LogP contribution < -0.4 is 0 Å². The lowest BCUT2D eigenvalue weighted by Gasteiger charge is -1.92. The highest BCUT2D eigenvalue weighted by molar-refractivity contribution is 6.23. The topological polar surface area (TPSA) is 0 Å². The van der Waals surface area contributed by atoms with E-state index in [9.17, 15) is 0 Å². The van der Waals surface area contributed by atoms with E-state index in [1.165, 1.54) is 0 Å². The van der Waals surface area contributed by atoms with Crippen LogP contribution in [0.4, 0.5) is 0 Å². The molecular weight excluding hydrogens is 167 g/mol. The molecule has 0 spiro atoms. The van der Waals surface area contributed by atoms with Gasteiger partial charge in [0.05, 0.1) is 0 Å². The zero-order valence-corrected chi connectivity index (χ0v) is 9.46. The van der Waals surface area contributed by atoms with E-state index in [0.717, 1.165) is 11.0 Å². The molecule has 1 heteroatoms. The molecule has 0 aromatic rings. The fourth-order valence-corrected chi connectivity index (χ4v) is 0.720. The van der Waals surface area contributed by atoms with Gasteiger partial charge in [-0.15, -0.1) is 5.47 Å². The van der Waals surface area contributed by atoms with Gasteiger partial charge in [0, 0.05) is 11.5 Å². The van der Waals surface area contributed by atoms with Crippen molar-refractivity contribution < 1.29 is 0 Å². The van der Waals surface area contributed by atoms with Gasteiger partial charge in [-0.25, -0.2) is 0 Å². The molecule has 72 valence electrons. The molecule has 14 heavy (non-hydrogen) atoms. The normalized spacial score (nSPS) is 13.2. The van der Waals surface area contributed by atoms with E-state index in [-0.39, 0.29) is 0 Å². The van der Waals surface area contributed by atoms with Crippen molar-refractivity contribution in [3.63, 3.8) is 0 Å². The molecule has 0 atom stereocenters. The first-order chi connectivity index (χ1) is 6.60. The lowest BCUT2D eigenvalue weighted by Crippen LogP contribution is -1.80. The summed E-state index contributed by atoms with van der Waals surface area (Å²) in [7, 11) is 5.63. The van der Waals surface area contributed by atoms with Crippen LogP contribution in [0.25, 0.3) is 0 Å². The van der Waals surface area contributed by atoms with Crippen LogP contribution in [0.3, 0.4) is 0 Å². The second kappa shape index (κ2) is 7.27. The Hall–Kier alpha value is -1.16. The average molecular weight is 184 g/mol. The Morgan fingerprint density at radius 3 is 2.21 bits per heavy atom. The van der Waals surface area contributed by atoms with Gasteiger partial charge in [-0.1, -0.05) is 43.9 Å². The monoisotopic (exact) mass is 184 g/mol. The van der Waals surface area contributed by atoms with Gasteiger partial charge in [0.1, 0.15) is 7.85 Å². The van der Waals surface area contributed by atoms with E-state index in [2.05, 4.69) is 25.7 Å². The molecule has 0 aromatic carbocycles. The summed E-state index contributed by atoms with van der Waals surface area (Å²) < 4.78 is 0. The SMILES string of the molecule is [B]C(/C=C\C(C#CC(C)C)=C/C)=C/C. The zero-order chi connectivity index (χ0) is 11.0. The second-order valence-corrected chi connectivity index (χ2v) is 3.29. The molecule has 0 unspecified atom stereocenters. The standard InChI is InChI=1S/C13H17B/c1-5-12(8-7-11(3)4)9-10-13(14)6-2/h5-6,9-11H,1-4H3/b10-9-,12-5-,13-6+. The summed E-state index contributed by atoms with van der Waals surface area (Å²) >= 11 is 0. The highest BCUT2D eigenvalue weighted by atomic mass is 13.9. The third-order valence-electron chi connectivity index (χ3n) is 1.60. The van der Waals surface area contributed by atoms with Gasteiger partial charge in [-0.3, -0.25) is 0 Å². The Labute approximate surface area is 89.2 Å². The van der Waals surface area contributed by atoms with E-state index in [1.54, 1.807) is 0 Å². The molecule has 0 heterocycles. The molecule has 0 rings (SSSR count). The quantitative estimate of drug-likeness (QED) is 0.351. The molecule has 0 amide bonds. The molecule has 0 aliphatic heterocycles. The van der Waals surface area contributed by atoms with Crippen molar-refractivity contribution >= 4 is 7.85 Å². The van der Waals surface area contributed by atoms with E-state index in [0.29, 0.717) is 5.92 Å². The van der Waals surface area contributed by atoms with Crippen molar-refractivity contribution in [3.05, 3.63) is 35.3 Å². The maximum atomic E-state index is 5.63. The summed E-state index contributed by atoms with van der Waals surface area (Å²) in [6, 6.07) is 0. The van der Waals surface area contributed by atoms with Crippen LogP contribution in [0.2, 0.25) is 0 Å². The number of hydrogen-bond acceptors (Lipinski definition) is 0. The summed E-state index contributed by atoms with van der Waals surface area (Å²) in [5.74, 6) is 6.60. The molecule has 0 aliphatic carbocycles. The van der Waals surface area contributed by atoms with Crippen LogP contribution in [0, 0.1) is 17.8 Å². The first kappa shape index (κ1) is 12.8. The van der Waals surface area contributed by atoms with Crippen LogP contribution in [0.15, 0.2) is 35.3 Å². The molecule has 0 bridgehead atoms. The Bertz CT molecular complexity index is 306. The van der Waals surface area contributed by atoms with Crippen molar-refractivity contribution in [2.45, 2.75) is 27.7 Å². The van der Waals surface area contributed by atoms with Gasteiger partial charge in [-0.2, -0.15) is 0 Å². The maximum absolute atomic E-state index is 5.63. The first-order valence-electron chi connectivity index (χ1n) is 4.87. The van der Waals surface area contributed by atoms with Crippen molar-refractivity contribution in [2.75, 3.05) is 0 Å². The Morgan fingerprint density at radius 1 is 1.14 bits per heavy atom. The van der Waals surface area contributed by atoms with E-state index >= 15 is 0 Å². The van der Waals surface area contributed by atoms with Crippen molar-refractivity contribution in [1.29, 1.82) is 0 Å². The van der Waals surface area contributed by atoms with Gasteiger partial charge in [0.25, 0.3) is 0 Å². The number of hydrogen-bond donors (Lipinski definition) is 0. The molecular formula is C13H17B. The first-order valence-corrected chi connectivity index (χ1v) is 4.87. The van der Waals surface area contributed by atoms with Crippen LogP contribution in [0.5, 0.6) is 0 Å². The third kappa shape index (κ3) is 6.37. The summed E-state index contributed by atoms with van der Waals surface area (Å²) in [4.78, 5) is 0. The number of allylic oxidation sites excluding steroid dienone is 6. The Balaban J connectivity index is 4.51. The molecule has 0 aliphatic rings. The van der Waals surface area contributed by atoms with E-state index < -0.39 is 0 Å². The Kier molecular flexibility index (Phi) is 6.67. The fraction of sp³-hybridized carbons (Fsp3) is 0.385. The van der Waals surface area contributed by atoms with Crippen molar-refractivity contribution in [1.82, 2.24) is 0 Å². The van der Waals surface area contributed by atoms with Crippen LogP contribution >= 0.6 is 0 Å². The highest BCUT2D eigenvalue weighted by Crippen LogP contribution is 1.99. The highest BCUT2D eigenvalue weighted by Gasteiger charge is 1.85. The minimum absolute atomic E-state index is 0.400. The second-order valence-electron chi connectivity index (χ2n) is 3.29. The number of rotatable bonds is 2. The fourth-order valence-electron chi connectivity index (χ4n) is 0.720. The predicted octanol–water partition coefficient (Wildman–Crippen LogP) is 3.22. The maximum Gasteiger partial charge on any atom is 0.113 e. The lowest BCUT2D eigenvalue weighted by atomic mass is 9.94.